The van der Waals surface area contributed by atoms with E-state index in [9.17, 15) is 13.6 Å². The minimum atomic E-state index is -1.01. The Morgan fingerprint density at radius 2 is 2.09 bits per heavy atom. The van der Waals surface area contributed by atoms with Crippen LogP contribution in [0.1, 0.15) is 16.2 Å². The van der Waals surface area contributed by atoms with Gasteiger partial charge in [-0.3, -0.25) is 0 Å². The summed E-state index contributed by atoms with van der Waals surface area (Å²) in [5.74, 6) is -2.24. The fourth-order valence-electron chi connectivity index (χ4n) is 1.67. The number of nitrogens with zero attached hydrogens (tertiary/aromatic N) is 2. The molecule has 0 saturated carbocycles. The molecule has 2 heterocycles. The van der Waals surface area contributed by atoms with Crippen LogP contribution in [-0.2, 0) is 11.3 Å². The second-order valence-corrected chi connectivity index (χ2v) is 4.18. The van der Waals surface area contributed by atoms with Crippen molar-refractivity contribution in [2.75, 3.05) is 0 Å². The fourth-order valence-corrected chi connectivity index (χ4v) is 1.67. The van der Waals surface area contributed by atoms with Gasteiger partial charge >= 0.3 is 5.97 Å². The van der Waals surface area contributed by atoms with Crippen LogP contribution in [-0.4, -0.2) is 16.2 Å². The minimum absolute atomic E-state index is 0.0160. The zero-order valence-corrected chi connectivity index (χ0v) is 11.0. The van der Waals surface area contributed by atoms with E-state index >= 15 is 0 Å². The molecular formula is C14H8F2N2O4. The van der Waals surface area contributed by atoms with E-state index in [0.717, 1.165) is 12.1 Å². The summed E-state index contributed by atoms with van der Waals surface area (Å²) in [5, 5.41) is 7.38. The van der Waals surface area contributed by atoms with E-state index in [1.165, 1.54) is 6.26 Å². The van der Waals surface area contributed by atoms with Crippen LogP contribution in [0.4, 0.5) is 8.78 Å². The molecule has 0 saturated heterocycles. The molecule has 3 aromatic rings. The van der Waals surface area contributed by atoms with Crippen LogP contribution in [0.5, 0.6) is 0 Å². The zero-order chi connectivity index (χ0) is 15.5. The Morgan fingerprint density at radius 3 is 2.82 bits per heavy atom. The number of benzene rings is 1. The monoisotopic (exact) mass is 306 g/mol. The molecule has 0 aliphatic rings. The summed E-state index contributed by atoms with van der Waals surface area (Å²) < 4.78 is 41.3. The normalized spacial score (nSPS) is 10.6. The van der Waals surface area contributed by atoms with Gasteiger partial charge in [0.25, 0.3) is 11.8 Å². The molecule has 3 rings (SSSR count). The highest BCUT2D eigenvalue weighted by atomic mass is 19.1. The second kappa shape index (κ2) is 5.76. The van der Waals surface area contributed by atoms with Crippen LogP contribution in [0.2, 0.25) is 0 Å². The Balaban J connectivity index is 1.66. The average Bonchev–Trinajstić information content (AvgIpc) is 3.16. The summed E-state index contributed by atoms with van der Waals surface area (Å²) in [5.41, 5.74) is -0.382. The second-order valence-electron chi connectivity index (χ2n) is 4.18. The molecule has 0 N–H and O–H groups in total. The van der Waals surface area contributed by atoms with Crippen LogP contribution in [0.15, 0.2) is 45.4 Å². The van der Waals surface area contributed by atoms with Crippen molar-refractivity contribution in [3.63, 3.8) is 0 Å². The first-order valence-corrected chi connectivity index (χ1v) is 6.12. The van der Waals surface area contributed by atoms with Gasteiger partial charge in [0.1, 0.15) is 11.6 Å². The van der Waals surface area contributed by atoms with E-state index in [4.69, 9.17) is 13.6 Å². The lowest BCUT2D eigenvalue weighted by molar-refractivity contribution is 0.0433. The third-order valence-corrected chi connectivity index (χ3v) is 2.68. The van der Waals surface area contributed by atoms with Gasteiger partial charge in [0.15, 0.2) is 12.4 Å². The highest BCUT2D eigenvalue weighted by Crippen LogP contribution is 2.18. The van der Waals surface area contributed by atoms with E-state index in [-0.39, 0.29) is 24.0 Å². The summed E-state index contributed by atoms with van der Waals surface area (Å²) in [6.07, 6.45) is 1.44. The number of carbonyl (C=O) groups is 1. The van der Waals surface area contributed by atoms with Gasteiger partial charge in [-0.05, 0) is 24.3 Å². The van der Waals surface area contributed by atoms with Gasteiger partial charge in [-0.15, -0.1) is 10.2 Å². The fraction of sp³-hybridized carbons (Fsp3) is 0.0714. The smallest absolute Gasteiger partial charge is 0.341 e. The molecule has 8 heteroatoms. The Bertz CT molecular complexity index is 799. The number of esters is 1. The van der Waals surface area contributed by atoms with E-state index < -0.39 is 17.6 Å². The van der Waals surface area contributed by atoms with Crippen molar-refractivity contribution < 1.29 is 27.1 Å². The summed E-state index contributed by atoms with van der Waals surface area (Å²) in [4.78, 5) is 11.7. The molecule has 6 nitrogen and oxygen atoms in total. The van der Waals surface area contributed by atoms with Crippen molar-refractivity contribution in [2.45, 2.75) is 6.61 Å². The highest BCUT2D eigenvalue weighted by molar-refractivity contribution is 5.89. The number of halogens is 2. The molecule has 112 valence electrons. The number of hydrogen-bond acceptors (Lipinski definition) is 6. The Hall–Kier alpha value is -3.03. The Morgan fingerprint density at radius 1 is 1.23 bits per heavy atom. The van der Waals surface area contributed by atoms with Gasteiger partial charge in [0.05, 0.1) is 11.8 Å². The maximum atomic E-state index is 13.4. The molecule has 0 unspecified atom stereocenters. The topological polar surface area (TPSA) is 78.4 Å². The van der Waals surface area contributed by atoms with Gasteiger partial charge in [-0.25, -0.2) is 13.6 Å². The quantitative estimate of drug-likeness (QED) is 0.690. The average molecular weight is 306 g/mol. The molecule has 2 aromatic heterocycles. The molecule has 0 aliphatic heterocycles. The van der Waals surface area contributed by atoms with Gasteiger partial charge < -0.3 is 13.6 Å². The first-order chi connectivity index (χ1) is 10.6. The Labute approximate surface area is 122 Å². The first kappa shape index (κ1) is 13.9. The van der Waals surface area contributed by atoms with Crippen molar-refractivity contribution in [3.05, 3.63) is 59.7 Å². The predicted octanol–water partition coefficient (Wildman–Crippen LogP) is 2.96. The standard InChI is InChI=1S/C14H8F2N2O4/c15-8-3-4-9(10(16)6-8)14(19)21-7-12-17-18-13(22-12)11-2-1-5-20-11/h1-6H,7H2. The van der Waals surface area contributed by atoms with Gasteiger partial charge in [0.2, 0.25) is 0 Å². The number of rotatable bonds is 4. The van der Waals surface area contributed by atoms with E-state index in [1.807, 2.05) is 0 Å². The van der Waals surface area contributed by atoms with Crippen molar-refractivity contribution in [3.8, 4) is 11.7 Å². The SMILES string of the molecule is O=C(OCc1nnc(-c2ccco2)o1)c1ccc(F)cc1F. The summed E-state index contributed by atoms with van der Waals surface area (Å²) in [7, 11) is 0. The van der Waals surface area contributed by atoms with Crippen molar-refractivity contribution >= 4 is 5.97 Å². The zero-order valence-electron chi connectivity index (χ0n) is 11.0. The van der Waals surface area contributed by atoms with Crippen LogP contribution in [0.25, 0.3) is 11.7 Å². The number of furan rings is 1. The number of hydrogen-bond donors (Lipinski definition) is 0. The van der Waals surface area contributed by atoms with Crippen molar-refractivity contribution in [1.29, 1.82) is 0 Å². The molecule has 0 amide bonds. The molecule has 0 aliphatic carbocycles. The van der Waals surface area contributed by atoms with E-state index in [2.05, 4.69) is 10.2 Å². The molecule has 0 fully saturated rings. The van der Waals surface area contributed by atoms with Gasteiger partial charge in [0, 0.05) is 6.07 Å². The lowest BCUT2D eigenvalue weighted by Gasteiger charge is -2.03. The lowest BCUT2D eigenvalue weighted by Crippen LogP contribution is -2.08. The van der Waals surface area contributed by atoms with E-state index in [0.29, 0.717) is 11.8 Å². The van der Waals surface area contributed by atoms with Crippen molar-refractivity contribution in [2.24, 2.45) is 0 Å². The maximum Gasteiger partial charge on any atom is 0.341 e. The minimum Gasteiger partial charge on any atom is -0.459 e. The van der Waals surface area contributed by atoms with Crippen LogP contribution in [0, 0.1) is 11.6 Å². The lowest BCUT2D eigenvalue weighted by atomic mass is 10.2. The highest BCUT2D eigenvalue weighted by Gasteiger charge is 2.16. The van der Waals surface area contributed by atoms with Crippen LogP contribution >= 0.6 is 0 Å². The van der Waals surface area contributed by atoms with Crippen LogP contribution in [0.3, 0.4) is 0 Å². The maximum absolute atomic E-state index is 13.4. The Kier molecular flexibility index (Phi) is 3.65. The predicted molar refractivity (Wildman–Crippen MR) is 67.5 cm³/mol. The largest absolute Gasteiger partial charge is 0.459 e. The molecule has 0 atom stereocenters. The summed E-state index contributed by atoms with van der Waals surface area (Å²) >= 11 is 0. The molecule has 0 bridgehead atoms. The van der Waals surface area contributed by atoms with Gasteiger partial charge in [-0.2, -0.15) is 0 Å². The summed E-state index contributed by atoms with van der Waals surface area (Å²) in [6.45, 7) is -0.344. The molecule has 1 aromatic carbocycles. The first-order valence-electron chi connectivity index (χ1n) is 6.12. The number of aromatic nitrogens is 2. The third kappa shape index (κ3) is 2.85. The van der Waals surface area contributed by atoms with E-state index in [1.54, 1.807) is 12.1 Å². The molecular weight excluding hydrogens is 298 g/mol. The number of carbonyl (C=O) groups excluding carboxylic acids is 1. The van der Waals surface area contributed by atoms with Crippen molar-refractivity contribution in [1.82, 2.24) is 10.2 Å². The molecule has 0 spiro atoms. The van der Waals surface area contributed by atoms with Crippen LogP contribution < -0.4 is 0 Å². The molecule has 0 radical (unpaired) electrons. The summed E-state index contributed by atoms with van der Waals surface area (Å²) in [6, 6.07) is 5.82. The van der Waals surface area contributed by atoms with Gasteiger partial charge in [-0.1, -0.05) is 0 Å². The third-order valence-electron chi connectivity index (χ3n) is 2.68. The number of ether oxygens (including phenoxy) is 1. The molecule has 22 heavy (non-hydrogen) atoms.